The van der Waals surface area contributed by atoms with Crippen molar-refractivity contribution in [3.63, 3.8) is 0 Å². The molecule has 5 heteroatoms. The minimum atomic E-state index is -0.395. The van der Waals surface area contributed by atoms with Crippen LogP contribution in [0.1, 0.15) is 5.69 Å². The summed E-state index contributed by atoms with van der Waals surface area (Å²) in [6, 6.07) is 4.54. The number of aromatic hydroxyl groups is 1. The van der Waals surface area contributed by atoms with Crippen LogP contribution in [0.5, 0.6) is 5.75 Å². The molecule has 0 aliphatic carbocycles. The predicted molar refractivity (Wildman–Crippen MR) is 65.2 cm³/mol. The molecule has 0 aliphatic heterocycles. The Hall–Kier alpha value is -2.30. The second-order valence-corrected chi connectivity index (χ2v) is 3.79. The molecular formula is C12H12N2O3. The molecule has 0 bridgehead atoms. The van der Waals surface area contributed by atoms with Crippen molar-refractivity contribution in [2.24, 2.45) is 0 Å². The average Bonchev–Trinajstić information content (AvgIpc) is 2.53. The van der Waals surface area contributed by atoms with Gasteiger partial charge in [-0.25, -0.2) is 0 Å². The Labute approximate surface area is 97.7 Å². The van der Waals surface area contributed by atoms with Gasteiger partial charge in [0.25, 0.3) is 5.69 Å². The highest BCUT2D eigenvalue weighted by atomic mass is 16.6. The van der Waals surface area contributed by atoms with Gasteiger partial charge in [-0.05, 0) is 19.1 Å². The van der Waals surface area contributed by atoms with Crippen LogP contribution in [0.3, 0.4) is 0 Å². The van der Waals surface area contributed by atoms with Crippen LogP contribution in [0.4, 0.5) is 5.69 Å². The van der Waals surface area contributed by atoms with E-state index < -0.39 is 4.92 Å². The molecule has 1 aromatic carbocycles. The third-order valence-electron chi connectivity index (χ3n) is 2.77. The Kier molecular flexibility index (Phi) is 2.59. The summed E-state index contributed by atoms with van der Waals surface area (Å²) in [4.78, 5) is 10.6. The maximum absolute atomic E-state index is 11.0. The number of nitrogens with zero attached hydrogens (tertiary/aromatic N) is 2. The molecule has 2 rings (SSSR count). The summed E-state index contributed by atoms with van der Waals surface area (Å²) >= 11 is 0. The number of benzene rings is 1. The van der Waals surface area contributed by atoms with Crippen LogP contribution in [0.2, 0.25) is 0 Å². The fourth-order valence-corrected chi connectivity index (χ4v) is 2.04. The monoisotopic (exact) mass is 232 g/mol. The molecule has 1 aromatic heterocycles. The van der Waals surface area contributed by atoms with E-state index in [1.807, 2.05) is 0 Å². The van der Waals surface area contributed by atoms with Crippen LogP contribution in [0, 0.1) is 17.0 Å². The van der Waals surface area contributed by atoms with Crippen molar-refractivity contribution in [3.05, 3.63) is 46.7 Å². The van der Waals surface area contributed by atoms with Gasteiger partial charge in [-0.2, -0.15) is 0 Å². The summed E-state index contributed by atoms with van der Waals surface area (Å²) in [5.41, 5.74) is 1.30. The van der Waals surface area contributed by atoms with Crippen molar-refractivity contribution in [2.45, 2.75) is 13.5 Å². The lowest BCUT2D eigenvalue weighted by atomic mass is 10.2. The largest absolute Gasteiger partial charge is 0.508 e. The Bertz CT molecular complexity index is 614. The Morgan fingerprint density at radius 2 is 2.29 bits per heavy atom. The molecule has 1 heterocycles. The van der Waals surface area contributed by atoms with Gasteiger partial charge in [0.2, 0.25) is 0 Å². The molecular weight excluding hydrogens is 220 g/mol. The standard InChI is InChI=1S/C12H12N2O3/c1-3-6-13-8(2)12(14(16)17)10-5-4-9(15)7-11(10)13/h3-5,7,15H,1,6H2,2H3. The molecule has 0 fully saturated rings. The number of phenols is 1. The molecule has 0 saturated carbocycles. The molecule has 0 amide bonds. The number of nitro groups is 1. The van der Waals surface area contributed by atoms with Crippen molar-refractivity contribution in [1.82, 2.24) is 4.57 Å². The summed E-state index contributed by atoms with van der Waals surface area (Å²) in [5.74, 6) is 0.0928. The van der Waals surface area contributed by atoms with Crippen LogP contribution >= 0.6 is 0 Å². The second kappa shape index (κ2) is 3.93. The van der Waals surface area contributed by atoms with E-state index in [2.05, 4.69) is 6.58 Å². The highest BCUT2D eigenvalue weighted by Gasteiger charge is 2.22. The van der Waals surface area contributed by atoms with E-state index >= 15 is 0 Å². The SMILES string of the molecule is C=CCn1c(C)c([N+](=O)[O-])c2ccc(O)cc21. The molecule has 0 atom stereocenters. The van der Waals surface area contributed by atoms with Gasteiger partial charge in [0.15, 0.2) is 0 Å². The molecule has 5 nitrogen and oxygen atoms in total. The Morgan fingerprint density at radius 3 is 2.88 bits per heavy atom. The zero-order valence-electron chi connectivity index (χ0n) is 9.38. The van der Waals surface area contributed by atoms with Gasteiger partial charge in [0.05, 0.1) is 21.5 Å². The van der Waals surface area contributed by atoms with E-state index in [1.165, 1.54) is 12.1 Å². The maximum atomic E-state index is 11.0. The number of aromatic nitrogens is 1. The van der Waals surface area contributed by atoms with Crippen molar-refractivity contribution in [1.29, 1.82) is 0 Å². The van der Waals surface area contributed by atoms with Crippen LogP contribution in [0.15, 0.2) is 30.9 Å². The number of hydrogen-bond acceptors (Lipinski definition) is 3. The minimum Gasteiger partial charge on any atom is -0.508 e. The number of hydrogen-bond donors (Lipinski definition) is 1. The average molecular weight is 232 g/mol. The molecule has 0 spiro atoms. The van der Waals surface area contributed by atoms with Gasteiger partial charge in [-0.1, -0.05) is 6.08 Å². The smallest absolute Gasteiger partial charge is 0.297 e. The van der Waals surface area contributed by atoms with Crippen LogP contribution in [-0.4, -0.2) is 14.6 Å². The van der Waals surface area contributed by atoms with E-state index in [4.69, 9.17) is 0 Å². The molecule has 0 saturated heterocycles. The Morgan fingerprint density at radius 1 is 1.59 bits per heavy atom. The lowest BCUT2D eigenvalue weighted by Gasteiger charge is -2.02. The summed E-state index contributed by atoms with van der Waals surface area (Å²) in [6.45, 7) is 5.79. The van der Waals surface area contributed by atoms with Gasteiger partial charge < -0.3 is 9.67 Å². The van der Waals surface area contributed by atoms with Gasteiger partial charge >= 0.3 is 0 Å². The van der Waals surface area contributed by atoms with Crippen molar-refractivity contribution in [3.8, 4) is 5.75 Å². The van der Waals surface area contributed by atoms with Crippen molar-refractivity contribution >= 4 is 16.6 Å². The van der Waals surface area contributed by atoms with E-state index in [9.17, 15) is 15.2 Å². The van der Waals surface area contributed by atoms with Crippen LogP contribution in [0.25, 0.3) is 10.9 Å². The lowest BCUT2D eigenvalue weighted by molar-refractivity contribution is -0.383. The Balaban J connectivity index is 2.87. The summed E-state index contributed by atoms with van der Waals surface area (Å²) in [5, 5.41) is 21.0. The molecule has 0 aliphatic rings. The first-order valence-corrected chi connectivity index (χ1v) is 5.13. The first-order chi connectivity index (χ1) is 8.06. The lowest BCUT2D eigenvalue weighted by Crippen LogP contribution is -1.98. The normalized spacial score (nSPS) is 10.6. The quantitative estimate of drug-likeness (QED) is 0.502. The molecule has 0 radical (unpaired) electrons. The van der Waals surface area contributed by atoms with Crippen molar-refractivity contribution < 1.29 is 10.0 Å². The minimum absolute atomic E-state index is 0.0850. The first kappa shape index (κ1) is 11.2. The zero-order valence-corrected chi connectivity index (χ0v) is 9.38. The van der Waals surface area contributed by atoms with Gasteiger partial charge in [-0.15, -0.1) is 6.58 Å². The highest BCUT2D eigenvalue weighted by Crippen LogP contribution is 2.34. The first-order valence-electron chi connectivity index (χ1n) is 5.13. The van der Waals surface area contributed by atoms with Crippen LogP contribution in [-0.2, 0) is 6.54 Å². The molecule has 88 valence electrons. The second-order valence-electron chi connectivity index (χ2n) is 3.79. The topological polar surface area (TPSA) is 68.3 Å². The van der Waals surface area contributed by atoms with E-state index in [-0.39, 0.29) is 11.4 Å². The molecule has 0 unspecified atom stereocenters. The van der Waals surface area contributed by atoms with Gasteiger partial charge in [0.1, 0.15) is 5.75 Å². The third-order valence-corrected chi connectivity index (χ3v) is 2.77. The molecule has 1 N–H and O–H groups in total. The highest BCUT2D eigenvalue weighted by molar-refractivity contribution is 5.92. The predicted octanol–water partition coefficient (Wildman–Crippen LogP) is 2.75. The fourth-order valence-electron chi connectivity index (χ4n) is 2.04. The maximum Gasteiger partial charge on any atom is 0.297 e. The summed E-state index contributed by atoms with van der Waals surface area (Å²) < 4.78 is 1.76. The third kappa shape index (κ3) is 1.65. The van der Waals surface area contributed by atoms with E-state index in [1.54, 1.807) is 23.6 Å². The van der Waals surface area contributed by atoms with Gasteiger partial charge in [0, 0.05) is 12.6 Å². The summed E-state index contributed by atoms with van der Waals surface area (Å²) in [6.07, 6.45) is 1.67. The van der Waals surface area contributed by atoms with Crippen LogP contribution < -0.4 is 0 Å². The number of rotatable bonds is 3. The summed E-state index contributed by atoms with van der Waals surface area (Å²) in [7, 11) is 0. The number of fused-ring (bicyclic) bond motifs is 1. The van der Waals surface area contributed by atoms with Crippen molar-refractivity contribution in [2.75, 3.05) is 0 Å². The van der Waals surface area contributed by atoms with Gasteiger partial charge in [-0.3, -0.25) is 10.1 Å². The number of allylic oxidation sites excluding steroid dienone is 1. The number of phenolic OH excluding ortho intramolecular Hbond substituents is 1. The van der Waals surface area contributed by atoms with E-state index in [0.29, 0.717) is 23.1 Å². The molecule has 17 heavy (non-hydrogen) atoms. The zero-order chi connectivity index (χ0) is 12.6. The van der Waals surface area contributed by atoms with E-state index in [0.717, 1.165) is 0 Å². The molecule has 2 aromatic rings. The fraction of sp³-hybridized carbons (Fsp3) is 0.167.